The van der Waals surface area contributed by atoms with Gasteiger partial charge in [0, 0.05) is 24.9 Å². The van der Waals surface area contributed by atoms with Crippen molar-refractivity contribution in [3.63, 3.8) is 0 Å². The fourth-order valence-electron chi connectivity index (χ4n) is 2.61. The number of anilines is 4. The van der Waals surface area contributed by atoms with E-state index in [9.17, 15) is 9.90 Å². The number of nitrogens with one attached hydrogen (secondary N) is 3. The van der Waals surface area contributed by atoms with Gasteiger partial charge in [-0.2, -0.15) is 4.98 Å². The molecule has 170 valence electrons. The molecular weight excluding hydrogens is 468 g/mol. The molecule has 1 aromatic carbocycles. The second kappa shape index (κ2) is 12.3. The summed E-state index contributed by atoms with van der Waals surface area (Å²) >= 11 is 3.19. The standard InChI is InChI=1S/C20H29BrN6O4/c1-13(28)19(29)24-15-10-16(25-20-23-8-6-18(26-20)31-12-21)17(30-4)11-14(15)22-7-5-9-27(2)3/h6,8,10-11,13,22,28H,5,7,9,12H2,1-4H3,(H,24,29)(H,23,25,26). The van der Waals surface area contributed by atoms with Gasteiger partial charge in [0.25, 0.3) is 5.91 Å². The fourth-order valence-corrected chi connectivity index (χ4v) is 2.85. The Balaban J connectivity index is 2.32. The minimum Gasteiger partial charge on any atom is -0.494 e. The molecule has 1 amide bonds. The van der Waals surface area contributed by atoms with Crippen LogP contribution >= 0.6 is 15.9 Å². The highest BCUT2D eigenvalue weighted by Gasteiger charge is 2.16. The summed E-state index contributed by atoms with van der Waals surface area (Å²) in [5.41, 5.74) is 2.01. The summed E-state index contributed by atoms with van der Waals surface area (Å²) < 4.78 is 10.9. The van der Waals surface area contributed by atoms with Crippen LogP contribution in [0.25, 0.3) is 0 Å². The molecule has 31 heavy (non-hydrogen) atoms. The molecule has 0 radical (unpaired) electrons. The van der Waals surface area contributed by atoms with Gasteiger partial charge < -0.3 is 35.4 Å². The summed E-state index contributed by atoms with van der Waals surface area (Å²) in [6.45, 7) is 3.02. The van der Waals surface area contributed by atoms with Gasteiger partial charge in [0.2, 0.25) is 11.8 Å². The number of aromatic nitrogens is 2. The molecule has 0 aliphatic rings. The highest BCUT2D eigenvalue weighted by atomic mass is 79.9. The summed E-state index contributed by atoms with van der Waals surface area (Å²) in [5, 5.41) is 18.8. The molecule has 2 aromatic rings. The molecule has 10 nitrogen and oxygen atoms in total. The minimum atomic E-state index is -1.15. The average molecular weight is 497 g/mol. The number of halogens is 1. The number of benzene rings is 1. The molecule has 1 unspecified atom stereocenters. The highest BCUT2D eigenvalue weighted by Crippen LogP contribution is 2.36. The number of hydrogen-bond acceptors (Lipinski definition) is 9. The van der Waals surface area contributed by atoms with Crippen molar-refractivity contribution < 1.29 is 19.4 Å². The van der Waals surface area contributed by atoms with Crippen LogP contribution in [0.3, 0.4) is 0 Å². The highest BCUT2D eigenvalue weighted by molar-refractivity contribution is 9.09. The third-order valence-corrected chi connectivity index (χ3v) is 4.38. The third kappa shape index (κ3) is 7.85. The Bertz CT molecular complexity index is 866. The zero-order chi connectivity index (χ0) is 22.8. The van der Waals surface area contributed by atoms with Crippen molar-refractivity contribution in [3.05, 3.63) is 24.4 Å². The normalized spacial score (nSPS) is 11.7. The van der Waals surface area contributed by atoms with E-state index in [0.29, 0.717) is 46.7 Å². The van der Waals surface area contributed by atoms with Crippen LogP contribution in [0, 0.1) is 0 Å². The number of rotatable bonds is 12. The largest absolute Gasteiger partial charge is 0.494 e. The van der Waals surface area contributed by atoms with E-state index in [1.165, 1.54) is 6.92 Å². The molecule has 0 aliphatic heterocycles. The lowest BCUT2D eigenvalue weighted by Gasteiger charge is -2.19. The number of alkyl halides is 1. The zero-order valence-corrected chi connectivity index (χ0v) is 19.7. The van der Waals surface area contributed by atoms with Crippen LogP contribution in [0.5, 0.6) is 11.6 Å². The van der Waals surface area contributed by atoms with Crippen LogP contribution in [0.1, 0.15) is 13.3 Å². The maximum atomic E-state index is 12.1. The van der Waals surface area contributed by atoms with Crippen LogP contribution in [0.2, 0.25) is 0 Å². The van der Waals surface area contributed by atoms with Gasteiger partial charge in [0.15, 0.2) is 0 Å². The maximum Gasteiger partial charge on any atom is 0.252 e. The molecule has 1 heterocycles. The number of ether oxygens (including phenoxy) is 2. The molecule has 0 saturated carbocycles. The number of carbonyl (C=O) groups is 1. The van der Waals surface area contributed by atoms with E-state index < -0.39 is 12.0 Å². The van der Waals surface area contributed by atoms with Gasteiger partial charge in [-0.3, -0.25) is 4.79 Å². The van der Waals surface area contributed by atoms with Gasteiger partial charge in [-0.15, -0.1) is 0 Å². The first-order valence-corrected chi connectivity index (χ1v) is 10.8. The predicted molar refractivity (Wildman–Crippen MR) is 125 cm³/mol. The Morgan fingerprint density at radius 1 is 1.29 bits per heavy atom. The van der Waals surface area contributed by atoms with Gasteiger partial charge in [-0.05, 0) is 56.0 Å². The number of carbonyl (C=O) groups excluding carboxylic acids is 1. The van der Waals surface area contributed by atoms with E-state index in [0.717, 1.165) is 13.0 Å². The van der Waals surface area contributed by atoms with Gasteiger partial charge in [-0.1, -0.05) is 0 Å². The van der Waals surface area contributed by atoms with E-state index >= 15 is 0 Å². The van der Waals surface area contributed by atoms with Crippen LogP contribution in [-0.2, 0) is 4.79 Å². The van der Waals surface area contributed by atoms with E-state index in [1.807, 2.05) is 14.1 Å². The first-order valence-electron chi connectivity index (χ1n) is 9.72. The second-order valence-corrected chi connectivity index (χ2v) is 7.40. The first kappa shape index (κ1) is 24.6. The molecule has 0 aliphatic carbocycles. The summed E-state index contributed by atoms with van der Waals surface area (Å²) in [4.78, 5) is 22.7. The Kier molecular flexibility index (Phi) is 9.76. The van der Waals surface area contributed by atoms with Gasteiger partial charge >= 0.3 is 0 Å². The van der Waals surface area contributed by atoms with Crippen molar-refractivity contribution in [1.82, 2.24) is 14.9 Å². The molecule has 11 heteroatoms. The van der Waals surface area contributed by atoms with Crippen molar-refractivity contribution in [2.75, 3.05) is 55.8 Å². The first-order chi connectivity index (χ1) is 14.8. The van der Waals surface area contributed by atoms with Crippen molar-refractivity contribution in [1.29, 1.82) is 0 Å². The van der Waals surface area contributed by atoms with Crippen LogP contribution in [-0.4, -0.2) is 71.8 Å². The number of aliphatic hydroxyl groups excluding tert-OH is 1. The van der Waals surface area contributed by atoms with Crippen molar-refractivity contribution in [2.45, 2.75) is 19.4 Å². The number of hydrogen-bond donors (Lipinski definition) is 4. The maximum absolute atomic E-state index is 12.1. The minimum absolute atomic E-state index is 0.302. The van der Waals surface area contributed by atoms with Crippen molar-refractivity contribution in [3.8, 4) is 11.6 Å². The van der Waals surface area contributed by atoms with Crippen LogP contribution in [0.4, 0.5) is 23.0 Å². The Hall–Kier alpha value is -2.63. The Morgan fingerprint density at radius 3 is 2.71 bits per heavy atom. The molecular formula is C20H29BrN6O4. The lowest BCUT2D eigenvalue weighted by Crippen LogP contribution is -2.25. The van der Waals surface area contributed by atoms with Gasteiger partial charge in [-0.25, -0.2) is 4.98 Å². The van der Waals surface area contributed by atoms with E-state index in [4.69, 9.17) is 9.47 Å². The summed E-state index contributed by atoms with van der Waals surface area (Å²) in [5.74, 6) is 0.711. The van der Waals surface area contributed by atoms with E-state index in [1.54, 1.807) is 31.5 Å². The monoisotopic (exact) mass is 496 g/mol. The predicted octanol–water partition coefficient (Wildman–Crippen LogP) is 2.64. The zero-order valence-electron chi connectivity index (χ0n) is 18.1. The SMILES string of the molecule is COc1cc(NCCCN(C)C)c(NC(=O)C(C)O)cc1Nc1nccc(OCBr)n1. The van der Waals surface area contributed by atoms with E-state index in [2.05, 4.69) is 46.7 Å². The van der Waals surface area contributed by atoms with Crippen LogP contribution < -0.4 is 25.4 Å². The molecule has 2 rings (SSSR count). The second-order valence-electron chi connectivity index (χ2n) is 6.94. The number of amides is 1. The van der Waals surface area contributed by atoms with Gasteiger partial charge in [0.1, 0.15) is 17.4 Å². The molecule has 1 atom stereocenters. The lowest BCUT2D eigenvalue weighted by molar-refractivity contribution is -0.123. The van der Waals surface area contributed by atoms with Crippen molar-refractivity contribution in [2.24, 2.45) is 0 Å². The Morgan fingerprint density at radius 2 is 2.06 bits per heavy atom. The van der Waals surface area contributed by atoms with Crippen LogP contribution in [0.15, 0.2) is 24.4 Å². The molecule has 0 saturated heterocycles. The molecule has 0 fully saturated rings. The number of nitrogens with zero attached hydrogens (tertiary/aromatic N) is 3. The van der Waals surface area contributed by atoms with E-state index in [-0.39, 0.29) is 0 Å². The summed E-state index contributed by atoms with van der Waals surface area (Å²) in [7, 11) is 5.57. The summed E-state index contributed by atoms with van der Waals surface area (Å²) in [6, 6.07) is 5.11. The summed E-state index contributed by atoms with van der Waals surface area (Å²) in [6.07, 6.45) is 1.32. The molecule has 4 N–H and O–H groups in total. The Labute approximate surface area is 190 Å². The number of aliphatic hydroxyl groups is 1. The molecule has 1 aromatic heterocycles. The van der Waals surface area contributed by atoms with Crippen molar-refractivity contribution >= 4 is 44.8 Å². The fraction of sp³-hybridized carbons (Fsp3) is 0.450. The molecule has 0 spiro atoms. The van der Waals surface area contributed by atoms with Gasteiger partial charge in [0.05, 0.1) is 24.2 Å². The molecule has 0 bridgehead atoms. The number of methoxy groups -OCH3 is 1. The lowest BCUT2D eigenvalue weighted by atomic mass is 10.2. The smallest absolute Gasteiger partial charge is 0.252 e. The third-order valence-electron chi connectivity index (χ3n) is 4.15. The average Bonchev–Trinajstić information content (AvgIpc) is 2.72. The topological polar surface area (TPSA) is 121 Å². The quantitative estimate of drug-likeness (QED) is 0.259.